The maximum Gasteiger partial charge on any atom is 0.295 e. The summed E-state index contributed by atoms with van der Waals surface area (Å²) < 4.78 is 80.6. The molecule has 6 rings (SSSR count). The lowest BCUT2D eigenvalue weighted by molar-refractivity contribution is -0.384. The minimum atomic E-state index is -1.67. The van der Waals surface area contributed by atoms with Crippen LogP contribution in [0.1, 0.15) is 7.43 Å². The van der Waals surface area contributed by atoms with Gasteiger partial charge in [0.15, 0.2) is 0 Å². The first-order chi connectivity index (χ1) is 18.8. The van der Waals surface area contributed by atoms with Crippen molar-refractivity contribution >= 4 is 120 Å². The maximum absolute atomic E-state index is 14.1. The summed E-state index contributed by atoms with van der Waals surface area (Å²) in [4.78, 5) is 9.76. The highest BCUT2D eigenvalue weighted by Gasteiger charge is 2.23. The topological polar surface area (TPSA) is 190 Å². The van der Waals surface area contributed by atoms with Crippen LogP contribution in [0.3, 0.4) is 0 Å². The summed E-state index contributed by atoms with van der Waals surface area (Å²) in [6.07, 6.45) is 0. The number of nitro groups is 1. The molecule has 0 unspecified atom stereocenters. The molecule has 0 aliphatic heterocycles. The second-order valence-corrected chi connectivity index (χ2v) is 11.2. The molecule has 41 heavy (non-hydrogen) atoms. The van der Waals surface area contributed by atoms with Crippen molar-refractivity contribution in [2.75, 3.05) is 17.2 Å². The Labute approximate surface area is 246 Å². The quantitative estimate of drug-likeness (QED) is 0.0567. The van der Waals surface area contributed by atoms with Gasteiger partial charge in [-0.2, -0.15) is 17.5 Å². The van der Waals surface area contributed by atoms with Crippen molar-refractivity contribution in [3.8, 4) is 0 Å². The number of fused-ring (bicyclic) bond motifs is 6. The molecule has 0 fully saturated rings. The van der Waals surface area contributed by atoms with Crippen molar-refractivity contribution in [1.29, 1.82) is 0 Å². The van der Waals surface area contributed by atoms with Gasteiger partial charge in [0.2, 0.25) is 9.23 Å². The average Bonchev–Trinajstić information content (AvgIpc) is 3.52. The first-order valence-corrected chi connectivity index (χ1v) is 14.4. The van der Waals surface area contributed by atoms with Crippen molar-refractivity contribution in [3.63, 3.8) is 0 Å². The number of hydrogen-bond acceptors (Lipinski definition) is 12. The number of anilines is 3. The summed E-state index contributed by atoms with van der Waals surface area (Å²) >= 11 is 1.85. The number of benzene rings is 4. The summed E-state index contributed by atoms with van der Waals surface area (Å²) in [6.45, 7) is 0. The normalized spacial score (nSPS) is 10.8. The van der Waals surface area contributed by atoms with Gasteiger partial charge in [0.05, 0.1) is 62.0 Å². The molecule has 6 N–H and O–H groups in total. The smallest absolute Gasteiger partial charge is 0.295 e. The molecule has 0 radical (unpaired) electrons. The second kappa shape index (κ2) is 12.4. The van der Waals surface area contributed by atoms with Crippen molar-refractivity contribution in [3.05, 3.63) is 57.6 Å². The number of halogens is 6. The summed E-state index contributed by atoms with van der Waals surface area (Å²) in [5.41, 5.74) is 16.3. The monoisotopic (exact) mass is 668 g/mol. The van der Waals surface area contributed by atoms with E-state index in [1.54, 1.807) is 0 Å². The molecule has 0 saturated carbocycles. The van der Waals surface area contributed by atoms with Gasteiger partial charge in [-0.3, -0.25) is 10.1 Å². The van der Waals surface area contributed by atoms with Gasteiger partial charge in [0.25, 0.3) is 5.69 Å². The van der Waals surface area contributed by atoms with Crippen LogP contribution in [0.2, 0.25) is 0 Å². The van der Waals surface area contributed by atoms with Crippen LogP contribution in [0.15, 0.2) is 24.3 Å². The molecule has 216 valence electrons. The van der Waals surface area contributed by atoms with Crippen LogP contribution >= 0.6 is 44.8 Å². The molecule has 2 heterocycles. The Hall–Kier alpha value is -3.71. The predicted molar refractivity (Wildman–Crippen MR) is 156 cm³/mol. The van der Waals surface area contributed by atoms with E-state index in [2.05, 4.69) is 38.9 Å². The highest BCUT2D eigenvalue weighted by atomic mass is 36.0. The van der Waals surface area contributed by atoms with E-state index >= 15 is 0 Å². The fourth-order valence-corrected chi connectivity index (χ4v) is 4.83. The van der Waals surface area contributed by atoms with E-state index in [9.17, 15) is 27.7 Å². The van der Waals surface area contributed by atoms with E-state index in [0.717, 1.165) is 29.5 Å². The second-order valence-electron chi connectivity index (χ2n) is 7.57. The third kappa shape index (κ3) is 6.01. The van der Waals surface area contributed by atoms with Gasteiger partial charge in [0.1, 0.15) is 51.0 Å². The van der Waals surface area contributed by atoms with Crippen molar-refractivity contribution < 1.29 is 26.7 Å². The molecule has 11 nitrogen and oxygen atoms in total. The SMILES string of the molecule is C.Fc1cc2nsnc2c2c(F)cc3nsnc3c12.Nc1cc(F)c2c(N)c([N+](=O)[O-])cc(F)c2c1N.O=S(Cl)Cl. The number of nitrogens with two attached hydrogens (primary N) is 3. The molecule has 0 atom stereocenters. The number of rotatable bonds is 1. The van der Waals surface area contributed by atoms with Crippen LogP contribution in [0.4, 0.5) is 40.3 Å². The zero-order valence-corrected chi connectivity index (χ0v) is 23.0. The summed E-state index contributed by atoms with van der Waals surface area (Å²) in [5, 5.41) is 10.1. The molecule has 0 spiro atoms. The molecule has 0 bridgehead atoms. The van der Waals surface area contributed by atoms with Gasteiger partial charge in [0, 0.05) is 38.9 Å². The molecular weight excluding hydrogens is 655 g/mol. The summed E-state index contributed by atoms with van der Waals surface area (Å²) in [5.74, 6) is -3.11. The van der Waals surface area contributed by atoms with Crippen LogP contribution in [-0.4, -0.2) is 26.6 Å². The Morgan fingerprint density at radius 3 is 1.56 bits per heavy atom. The van der Waals surface area contributed by atoms with Gasteiger partial charge in [-0.25, -0.2) is 21.8 Å². The van der Waals surface area contributed by atoms with Gasteiger partial charge < -0.3 is 17.2 Å². The van der Waals surface area contributed by atoms with E-state index in [0.29, 0.717) is 28.1 Å². The molecule has 0 saturated heterocycles. The summed E-state index contributed by atoms with van der Waals surface area (Å²) in [6, 6.07) is 3.93. The number of hydrogen-bond donors (Lipinski definition) is 3. The zero-order valence-electron chi connectivity index (χ0n) is 19.0. The lowest BCUT2D eigenvalue weighted by Crippen LogP contribution is -2.04. The Morgan fingerprint density at radius 2 is 1.12 bits per heavy atom. The van der Waals surface area contributed by atoms with Gasteiger partial charge in [-0.1, -0.05) is 7.43 Å². The number of aromatic nitrogens is 4. The third-order valence-corrected chi connectivity index (χ3v) is 6.44. The van der Waals surface area contributed by atoms with E-state index in [1.807, 2.05) is 0 Å². The fraction of sp³-hybridized carbons (Fsp3) is 0.0476. The minimum absolute atomic E-state index is 0. The molecule has 20 heteroatoms. The Balaban J connectivity index is 0.000000196. The largest absolute Gasteiger partial charge is 0.397 e. The predicted octanol–water partition coefficient (Wildman–Crippen LogP) is 6.58. The van der Waals surface area contributed by atoms with Crippen molar-refractivity contribution in [1.82, 2.24) is 17.5 Å². The molecular formula is C21H14Cl2F4N8O3S3. The molecule has 0 aliphatic carbocycles. The standard InChI is InChI=1S/C10H8F2N4O2.C10H2F2N4S2.CH4.Cl2OS/c11-3-1-5(13)9(14)7-4(12)2-6(16(17)18)10(15)8(3)7;11-3-1-5-9(15-17-13-5)8-4(12)2-6-10(7(3)8)16-18-14-6;;1-4(2)3/h1-2H,13-15H2;1-2H;1H4;. The lowest BCUT2D eigenvalue weighted by atomic mass is 10.0. The Kier molecular flexibility index (Phi) is 9.65. The average molecular weight is 669 g/mol. The summed E-state index contributed by atoms with van der Waals surface area (Å²) in [7, 11) is 7.36. The minimum Gasteiger partial charge on any atom is -0.397 e. The highest BCUT2D eigenvalue weighted by molar-refractivity contribution is 8.26. The highest BCUT2D eigenvalue weighted by Crippen LogP contribution is 2.39. The fourth-order valence-electron chi connectivity index (χ4n) is 3.76. The van der Waals surface area contributed by atoms with Crippen molar-refractivity contribution in [2.24, 2.45) is 0 Å². The first kappa shape index (κ1) is 31.8. The first-order valence-electron chi connectivity index (χ1n) is 10.1. The van der Waals surface area contributed by atoms with E-state index in [4.69, 9.17) is 21.4 Å². The van der Waals surface area contributed by atoms with E-state index < -0.39 is 54.2 Å². The van der Waals surface area contributed by atoms with Gasteiger partial charge in [-0.15, -0.1) is 0 Å². The van der Waals surface area contributed by atoms with Crippen LogP contribution in [0.25, 0.3) is 43.6 Å². The lowest BCUT2D eigenvalue weighted by Gasteiger charge is -2.10. The van der Waals surface area contributed by atoms with Crippen molar-refractivity contribution in [2.45, 2.75) is 7.43 Å². The maximum atomic E-state index is 14.1. The molecule has 0 aliphatic rings. The van der Waals surface area contributed by atoms with Crippen LogP contribution in [0, 0.1) is 33.4 Å². The van der Waals surface area contributed by atoms with Gasteiger partial charge >= 0.3 is 0 Å². The Bertz CT molecular complexity index is 1910. The van der Waals surface area contributed by atoms with Crippen LogP contribution < -0.4 is 17.2 Å². The zero-order chi connectivity index (χ0) is 29.5. The third-order valence-electron chi connectivity index (χ3n) is 5.35. The molecule has 4 aromatic carbocycles. The van der Waals surface area contributed by atoms with Crippen LogP contribution in [-0.2, 0) is 9.23 Å². The number of nitrogen functional groups attached to an aromatic ring is 3. The molecule has 2 aromatic heterocycles. The molecule has 0 amide bonds. The molecule has 6 aromatic rings. The number of nitrogens with zero attached hydrogens (tertiary/aromatic N) is 5. The number of nitro benzene ring substituents is 1. The van der Waals surface area contributed by atoms with Gasteiger partial charge in [-0.05, 0) is 6.07 Å². The van der Waals surface area contributed by atoms with Crippen LogP contribution in [0.5, 0.6) is 0 Å². The van der Waals surface area contributed by atoms with E-state index in [-0.39, 0.29) is 35.0 Å². The Morgan fingerprint density at radius 1 is 0.732 bits per heavy atom. The van der Waals surface area contributed by atoms with E-state index in [1.165, 1.54) is 12.1 Å².